The molecule has 0 spiro atoms. The molecule has 0 atom stereocenters. The summed E-state index contributed by atoms with van der Waals surface area (Å²) in [4.78, 5) is 15.2. The molecule has 62 heavy (non-hydrogen) atoms. The predicted molar refractivity (Wildman–Crippen MR) is 258 cm³/mol. The number of nitrogens with zero attached hydrogens (tertiary/aromatic N) is 3. The molecule has 9 aromatic carbocycles. The molecule has 3 aromatic heterocycles. The van der Waals surface area contributed by atoms with Crippen LogP contribution in [-0.2, 0) is 0 Å². The van der Waals surface area contributed by atoms with E-state index in [1.807, 2.05) is 65.9 Å². The molecule has 0 bridgehead atoms. The number of fused-ring (bicyclic) bond motifs is 6. The summed E-state index contributed by atoms with van der Waals surface area (Å²) in [6.45, 7) is 0. The van der Waals surface area contributed by atoms with Crippen molar-refractivity contribution in [3.63, 3.8) is 0 Å². The van der Waals surface area contributed by atoms with E-state index in [-0.39, 0.29) is 0 Å². The van der Waals surface area contributed by atoms with E-state index in [0.29, 0.717) is 17.5 Å². The van der Waals surface area contributed by atoms with Gasteiger partial charge in [0.25, 0.3) is 0 Å². The Hall–Kier alpha value is -7.99. The topological polar surface area (TPSA) is 51.8 Å². The van der Waals surface area contributed by atoms with Crippen LogP contribution in [0, 0.1) is 0 Å². The van der Waals surface area contributed by atoms with Crippen molar-refractivity contribution in [3.05, 3.63) is 212 Å². The molecule has 0 fully saturated rings. The van der Waals surface area contributed by atoms with Crippen molar-refractivity contribution in [2.24, 2.45) is 0 Å². The summed E-state index contributed by atoms with van der Waals surface area (Å²) in [5.41, 5.74) is 13.6. The molecule has 0 amide bonds. The van der Waals surface area contributed by atoms with E-state index in [0.717, 1.165) is 60.9 Å². The molecule has 0 saturated heterocycles. The molecule has 290 valence electrons. The number of aromatic nitrogens is 3. The molecule has 12 rings (SSSR count). The maximum Gasteiger partial charge on any atom is 0.164 e. The highest BCUT2D eigenvalue weighted by atomic mass is 32.1. The summed E-state index contributed by atoms with van der Waals surface area (Å²) in [6, 6.07) is 74.9. The Morgan fingerprint density at radius 2 is 0.790 bits per heavy atom. The van der Waals surface area contributed by atoms with E-state index in [2.05, 4.69) is 158 Å². The number of hydrogen-bond donors (Lipinski definition) is 0. The third-order valence-electron chi connectivity index (χ3n) is 11.8. The van der Waals surface area contributed by atoms with Crippen LogP contribution in [0.15, 0.2) is 217 Å². The number of furan rings is 1. The molecular formula is C57H35N3OS. The second kappa shape index (κ2) is 14.9. The van der Waals surface area contributed by atoms with Crippen LogP contribution in [-0.4, -0.2) is 15.0 Å². The highest BCUT2D eigenvalue weighted by Crippen LogP contribution is 2.45. The first-order valence-electron chi connectivity index (χ1n) is 20.7. The van der Waals surface area contributed by atoms with Crippen molar-refractivity contribution in [2.45, 2.75) is 0 Å². The monoisotopic (exact) mass is 809 g/mol. The minimum Gasteiger partial charge on any atom is -0.456 e. The molecule has 0 aliphatic heterocycles. The summed E-state index contributed by atoms with van der Waals surface area (Å²) in [6.07, 6.45) is 0. The zero-order chi connectivity index (χ0) is 41.0. The zero-order valence-corrected chi connectivity index (χ0v) is 34.2. The van der Waals surface area contributed by atoms with Crippen molar-refractivity contribution in [1.29, 1.82) is 0 Å². The zero-order valence-electron chi connectivity index (χ0n) is 33.4. The number of rotatable bonds is 7. The van der Waals surface area contributed by atoms with Crippen molar-refractivity contribution in [3.8, 4) is 78.7 Å². The van der Waals surface area contributed by atoms with Gasteiger partial charge in [-0.2, -0.15) is 0 Å². The smallest absolute Gasteiger partial charge is 0.164 e. The normalized spacial score (nSPS) is 11.5. The van der Waals surface area contributed by atoms with Crippen LogP contribution in [0.5, 0.6) is 0 Å². The molecule has 3 heterocycles. The molecular weight excluding hydrogens is 775 g/mol. The first-order valence-corrected chi connectivity index (χ1v) is 21.6. The fourth-order valence-electron chi connectivity index (χ4n) is 8.72. The van der Waals surface area contributed by atoms with E-state index in [1.54, 1.807) is 0 Å². The Morgan fingerprint density at radius 1 is 0.290 bits per heavy atom. The minimum absolute atomic E-state index is 0.585. The quantitative estimate of drug-likeness (QED) is 0.161. The van der Waals surface area contributed by atoms with E-state index in [4.69, 9.17) is 19.4 Å². The van der Waals surface area contributed by atoms with Gasteiger partial charge in [-0.3, -0.25) is 0 Å². The van der Waals surface area contributed by atoms with E-state index in [1.165, 1.54) is 42.4 Å². The van der Waals surface area contributed by atoms with Crippen molar-refractivity contribution < 1.29 is 4.42 Å². The van der Waals surface area contributed by atoms with Gasteiger partial charge in [0, 0.05) is 47.6 Å². The standard InChI is InChI=1S/C57H35N3OS/c1-4-14-36(15-5-1)43-33-47(54(38-16-6-2-7-17-38)48(34-43)41-29-31-53-49(32-41)46-21-11-13-23-52(46)62-53)37-24-26-40(27-25-37)56-58-55(39-18-8-3-9-19-39)59-57(60-56)42-28-30-45-44-20-10-12-22-50(44)61-51(45)35-42/h1-35H. The highest BCUT2D eigenvalue weighted by molar-refractivity contribution is 7.25. The number of hydrogen-bond acceptors (Lipinski definition) is 5. The molecule has 5 heteroatoms. The van der Waals surface area contributed by atoms with Gasteiger partial charge in [0.15, 0.2) is 17.5 Å². The van der Waals surface area contributed by atoms with Gasteiger partial charge in [-0.1, -0.05) is 164 Å². The van der Waals surface area contributed by atoms with Crippen LogP contribution in [0.2, 0.25) is 0 Å². The molecule has 0 radical (unpaired) electrons. The van der Waals surface area contributed by atoms with Gasteiger partial charge in [0.1, 0.15) is 11.2 Å². The lowest BCUT2D eigenvalue weighted by Crippen LogP contribution is -2.00. The first-order chi connectivity index (χ1) is 30.7. The third-order valence-corrected chi connectivity index (χ3v) is 12.9. The van der Waals surface area contributed by atoms with Crippen molar-refractivity contribution in [1.82, 2.24) is 15.0 Å². The van der Waals surface area contributed by atoms with Crippen LogP contribution >= 0.6 is 11.3 Å². The Kier molecular flexibility index (Phi) is 8.65. The van der Waals surface area contributed by atoms with Gasteiger partial charge in [-0.05, 0) is 93.0 Å². The highest BCUT2D eigenvalue weighted by Gasteiger charge is 2.20. The number of thiophene rings is 1. The largest absolute Gasteiger partial charge is 0.456 e. The van der Waals surface area contributed by atoms with Gasteiger partial charge in [-0.25, -0.2) is 15.0 Å². The summed E-state index contributed by atoms with van der Waals surface area (Å²) in [5.74, 6) is 1.80. The minimum atomic E-state index is 0.585. The summed E-state index contributed by atoms with van der Waals surface area (Å²) in [5, 5.41) is 4.72. The summed E-state index contributed by atoms with van der Waals surface area (Å²) < 4.78 is 8.87. The second-order valence-corrected chi connectivity index (χ2v) is 16.6. The lowest BCUT2D eigenvalue weighted by molar-refractivity contribution is 0.669. The van der Waals surface area contributed by atoms with E-state index >= 15 is 0 Å². The fraction of sp³-hybridized carbons (Fsp3) is 0. The molecule has 0 saturated carbocycles. The Balaban J connectivity index is 1.03. The van der Waals surface area contributed by atoms with E-state index < -0.39 is 0 Å². The lowest BCUT2D eigenvalue weighted by atomic mass is 9.84. The molecule has 0 aliphatic carbocycles. The number of para-hydroxylation sites is 1. The SMILES string of the molecule is c1ccc(-c2cc(-c3ccc(-c4nc(-c5ccccc5)nc(-c5ccc6c(c5)oc5ccccc56)n4)cc3)c(-c3ccccc3)c(-c3ccc4sc5ccccc5c4c3)c2)cc1. The van der Waals surface area contributed by atoms with Crippen LogP contribution in [0.4, 0.5) is 0 Å². The Bertz CT molecular complexity index is 3610. The summed E-state index contributed by atoms with van der Waals surface area (Å²) in [7, 11) is 0. The maximum atomic E-state index is 6.28. The third kappa shape index (κ3) is 6.35. The van der Waals surface area contributed by atoms with Crippen LogP contribution in [0.25, 0.3) is 121 Å². The van der Waals surface area contributed by atoms with Crippen LogP contribution < -0.4 is 0 Å². The predicted octanol–water partition coefficient (Wildman–Crippen LogP) is 15.8. The van der Waals surface area contributed by atoms with Crippen molar-refractivity contribution >= 4 is 53.4 Å². The Morgan fingerprint density at radius 3 is 1.52 bits per heavy atom. The van der Waals surface area contributed by atoms with Crippen LogP contribution in [0.3, 0.4) is 0 Å². The average molecular weight is 810 g/mol. The molecule has 12 aromatic rings. The van der Waals surface area contributed by atoms with Crippen molar-refractivity contribution in [2.75, 3.05) is 0 Å². The van der Waals surface area contributed by atoms with Crippen LogP contribution in [0.1, 0.15) is 0 Å². The van der Waals surface area contributed by atoms with Gasteiger partial charge < -0.3 is 4.42 Å². The number of benzene rings is 9. The first kappa shape index (κ1) is 35.9. The van der Waals surface area contributed by atoms with Gasteiger partial charge >= 0.3 is 0 Å². The second-order valence-electron chi connectivity index (χ2n) is 15.5. The van der Waals surface area contributed by atoms with Gasteiger partial charge in [0.2, 0.25) is 0 Å². The molecule has 4 nitrogen and oxygen atoms in total. The lowest BCUT2D eigenvalue weighted by Gasteiger charge is -2.19. The average Bonchev–Trinajstić information content (AvgIpc) is 3.92. The Labute approximate surface area is 362 Å². The molecule has 0 N–H and O–H groups in total. The molecule has 0 unspecified atom stereocenters. The van der Waals surface area contributed by atoms with Gasteiger partial charge in [0.05, 0.1) is 0 Å². The fourth-order valence-corrected chi connectivity index (χ4v) is 9.80. The maximum absolute atomic E-state index is 6.28. The van der Waals surface area contributed by atoms with Gasteiger partial charge in [-0.15, -0.1) is 11.3 Å². The summed E-state index contributed by atoms with van der Waals surface area (Å²) >= 11 is 1.85. The molecule has 0 aliphatic rings. The van der Waals surface area contributed by atoms with E-state index in [9.17, 15) is 0 Å².